The molecule has 0 nitrogen and oxygen atoms in total. The van der Waals surface area contributed by atoms with Crippen LogP contribution in [0.3, 0.4) is 0 Å². The number of hydrogen-bond acceptors (Lipinski definition) is 0. The van der Waals surface area contributed by atoms with Gasteiger partial charge < -0.3 is 0 Å². The van der Waals surface area contributed by atoms with Crippen LogP contribution in [0.1, 0.15) is 47.5 Å². The van der Waals surface area contributed by atoms with E-state index in [0.717, 1.165) is 11.3 Å². The maximum absolute atomic E-state index is 2.48. The Bertz CT molecular complexity index is 204. The molecule has 0 aromatic rings. The minimum Gasteiger partial charge on any atom is -0.0648 e. The molecule has 2 aliphatic carbocycles. The van der Waals surface area contributed by atoms with Crippen molar-refractivity contribution in [1.29, 1.82) is 0 Å². The summed E-state index contributed by atoms with van der Waals surface area (Å²) >= 11 is 0. The molecule has 2 fully saturated rings. The van der Waals surface area contributed by atoms with Gasteiger partial charge in [0.15, 0.2) is 0 Å². The third kappa shape index (κ3) is 0.554. The Labute approximate surface area is 70.4 Å². The molecule has 2 rings (SSSR count). The lowest BCUT2D eigenvalue weighted by Gasteiger charge is -2.39. The van der Waals surface area contributed by atoms with Crippen molar-refractivity contribution < 1.29 is 0 Å². The van der Waals surface area contributed by atoms with E-state index in [0.29, 0.717) is 10.8 Å². The van der Waals surface area contributed by atoms with Crippen molar-refractivity contribution in [2.75, 3.05) is 0 Å². The molecule has 0 aromatic carbocycles. The van der Waals surface area contributed by atoms with E-state index in [-0.39, 0.29) is 0 Å². The molecule has 0 radical (unpaired) electrons. The van der Waals surface area contributed by atoms with Crippen LogP contribution in [0, 0.1) is 22.2 Å². The Hall–Kier alpha value is 0. The van der Waals surface area contributed by atoms with Gasteiger partial charge in [-0.3, -0.25) is 0 Å². The van der Waals surface area contributed by atoms with Crippen molar-refractivity contribution in [1.82, 2.24) is 0 Å². The molecular weight excluding hydrogens is 132 g/mol. The van der Waals surface area contributed by atoms with Gasteiger partial charge in [-0.05, 0) is 35.0 Å². The Morgan fingerprint density at radius 1 is 1.18 bits per heavy atom. The van der Waals surface area contributed by atoms with Crippen LogP contribution >= 0.6 is 0 Å². The normalized spacial score (nSPS) is 58.1. The van der Waals surface area contributed by atoms with Crippen molar-refractivity contribution in [3.63, 3.8) is 0 Å². The minimum atomic E-state index is 0.652. The zero-order chi connectivity index (χ0) is 8.49. The van der Waals surface area contributed by atoms with Crippen molar-refractivity contribution in [2.45, 2.75) is 47.5 Å². The summed E-state index contributed by atoms with van der Waals surface area (Å²) < 4.78 is 0. The number of fused-ring (bicyclic) bond motifs is 1. The van der Waals surface area contributed by atoms with Crippen LogP contribution in [-0.2, 0) is 0 Å². The Kier molecular flexibility index (Phi) is 1.06. The molecule has 0 aromatic heterocycles. The van der Waals surface area contributed by atoms with Crippen molar-refractivity contribution in [2.24, 2.45) is 22.2 Å². The molecule has 0 aliphatic heterocycles. The highest BCUT2D eigenvalue weighted by atomic mass is 14.8. The Morgan fingerprint density at radius 3 is 1.82 bits per heavy atom. The average molecular weight is 152 g/mol. The van der Waals surface area contributed by atoms with Crippen molar-refractivity contribution in [3.05, 3.63) is 0 Å². The molecule has 0 N–H and O–H groups in total. The first-order valence-corrected chi connectivity index (χ1v) is 4.88. The predicted octanol–water partition coefficient (Wildman–Crippen LogP) is 3.47. The monoisotopic (exact) mass is 152 g/mol. The molecule has 2 saturated carbocycles. The van der Waals surface area contributed by atoms with Crippen LogP contribution in [-0.4, -0.2) is 0 Å². The molecular formula is C11H20. The molecule has 3 unspecified atom stereocenters. The first-order valence-electron chi connectivity index (χ1n) is 4.88. The smallest absolute Gasteiger partial charge is 0.0225 e. The number of hydrogen-bond donors (Lipinski definition) is 0. The highest BCUT2D eigenvalue weighted by molar-refractivity contribution is 5.29. The molecule has 0 bridgehead atoms. The van der Waals surface area contributed by atoms with E-state index in [1.54, 1.807) is 0 Å². The molecule has 64 valence electrons. The zero-order valence-electron chi connectivity index (χ0n) is 8.49. The van der Waals surface area contributed by atoms with Gasteiger partial charge in [0.2, 0.25) is 0 Å². The summed E-state index contributed by atoms with van der Waals surface area (Å²) in [6.45, 7) is 12.2. The van der Waals surface area contributed by atoms with Gasteiger partial charge in [0.05, 0.1) is 0 Å². The van der Waals surface area contributed by atoms with Gasteiger partial charge in [-0.15, -0.1) is 0 Å². The molecule has 0 spiro atoms. The zero-order valence-corrected chi connectivity index (χ0v) is 8.49. The third-order valence-corrected chi connectivity index (χ3v) is 4.83. The first kappa shape index (κ1) is 7.64. The van der Waals surface area contributed by atoms with E-state index >= 15 is 0 Å². The number of rotatable bonds is 1. The first-order chi connectivity index (χ1) is 4.88. The van der Waals surface area contributed by atoms with Crippen LogP contribution in [0.2, 0.25) is 0 Å². The van der Waals surface area contributed by atoms with Gasteiger partial charge >= 0.3 is 0 Å². The molecule has 11 heavy (non-hydrogen) atoms. The molecule has 0 heteroatoms. The van der Waals surface area contributed by atoms with Gasteiger partial charge in [-0.25, -0.2) is 0 Å². The molecule has 3 atom stereocenters. The van der Waals surface area contributed by atoms with Crippen molar-refractivity contribution in [3.8, 4) is 0 Å². The standard InChI is InChI=1S/C11H20/c1-6-10(4)8-9(2,3)7-11(8,10)5/h8H,6-7H2,1-5H3. The quantitative estimate of drug-likeness (QED) is 0.539. The van der Waals surface area contributed by atoms with E-state index in [2.05, 4.69) is 34.6 Å². The molecule has 0 heterocycles. The van der Waals surface area contributed by atoms with E-state index in [1.165, 1.54) is 12.8 Å². The molecule has 0 saturated heterocycles. The fraction of sp³-hybridized carbons (Fsp3) is 1.00. The summed E-state index contributed by atoms with van der Waals surface area (Å²) in [5.41, 5.74) is 2.07. The lowest BCUT2D eigenvalue weighted by molar-refractivity contribution is 0.0984. The van der Waals surface area contributed by atoms with Gasteiger partial charge in [-0.1, -0.05) is 34.6 Å². The Balaban J connectivity index is 2.24. The lowest BCUT2D eigenvalue weighted by atomic mass is 9.65. The minimum absolute atomic E-state index is 0.652. The highest BCUT2D eigenvalue weighted by Gasteiger charge is 2.81. The fourth-order valence-corrected chi connectivity index (χ4v) is 4.51. The Morgan fingerprint density at radius 2 is 1.73 bits per heavy atom. The fourth-order valence-electron chi connectivity index (χ4n) is 4.51. The molecule has 2 aliphatic rings. The van der Waals surface area contributed by atoms with Gasteiger partial charge in [0.25, 0.3) is 0 Å². The van der Waals surface area contributed by atoms with Crippen LogP contribution in [0.5, 0.6) is 0 Å². The summed E-state index contributed by atoms with van der Waals surface area (Å²) in [6, 6.07) is 0. The van der Waals surface area contributed by atoms with Crippen LogP contribution in [0.4, 0.5) is 0 Å². The largest absolute Gasteiger partial charge is 0.0648 e. The summed E-state index contributed by atoms with van der Waals surface area (Å²) in [6.07, 6.45) is 2.83. The predicted molar refractivity (Wildman–Crippen MR) is 48.4 cm³/mol. The van der Waals surface area contributed by atoms with E-state index in [9.17, 15) is 0 Å². The summed E-state index contributed by atoms with van der Waals surface area (Å²) in [5.74, 6) is 1.02. The van der Waals surface area contributed by atoms with Gasteiger partial charge in [0, 0.05) is 0 Å². The van der Waals surface area contributed by atoms with Crippen LogP contribution in [0.15, 0.2) is 0 Å². The van der Waals surface area contributed by atoms with Crippen LogP contribution < -0.4 is 0 Å². The molecule has 0 amide bonds. The second-order valence-corrected chi connectivity index (χ2v) is 5.79. The van der Waals surface area contributed by atoms with E-state index in [4.69, 9.17) is 0 Å². The topological polar surface area (TPSA) is 0 Å². The summed E-state index contributed by atoms with van der Waals surface area (Å²) in [7, 11) is 0. The maximum atomic E-state index is 2.48. The van der Waals surface area contributed by atoms with Crippen molar-refractivity contribution >= 4 is 0 Å². The average Bonchev–Trinajstić information content (AvgIpc) is 2.25. The SMILES string of the molecule is CCC1(C)C2C(C)(C)CC21C. The third-order valence-electron chi connectivity index (χ3n) is 4.83. The van der Waals surface area contributed by atoms with Crippen LogP contribution in [0.25, 0.3) is 0 Å². The maximum Gasteiger partial charge on any atom is -0.0225 e. The second kappa shape index (κ2) is 1.53. The van der Waals surface area contributed by atoms with E-state index < -0.39 is 0 Å². The lowest BCUT2D eigenvalue weighted by Crippen LogP contribution is -2.31. The van der Waals surface area contributed by atoms with E-state index in [1.807, 2.05) is 0 Å². The highest BCUT2D eigenvalue weighted by Crippen LogP contribution is 2.87. The second-order valence-electron chi connectivity index (χ2n) is 5.79. The summed E-state index contributed by atoms with van der Waals surface area (Å²) in [5, 5.41) is 0. The van der Waals surface area contributed by atoms with Gasteiger partial charge in [0.1, 0.15) is 0 Å². The summed E-state index contributed by atoms with van der Waals surface area (Å²) in [4.78, 5) is 0. The van der Waals surface area contributed by atoms with Gasteiger partial charge in [-0.2, -0.15) is 0 Å².